The molecule has 7 nitrogen and oxygen atoms in total. The number of nitrogens with one attached hydrogen (secondary N) is 1. The monoisotopic (exact) mass is 422 g/mol. The van der Waals surface area contributed by atoms with E-state index in [0.29, 0.717) is 42.8 Å². The van der Waals surface area contributed by atoms with Crippen LogP contribution in [0.3, 0.4) is 0 Å². The van der Waals surface area contributed by atoms with Crippen LogP contribution in [0.4, 0.5) is 10.5 Å². The third kappa shape index (κ3) is 4.94. The number of carbonyl (C=O) groups is 1. The summed E-state index contributed by atoms with van der Waals surface area (Å²) >= 11 is 0. The molecule has 0 spiro atoms. The molecule has 1 aromatic heterocycles. The summed E-state index contributed by atoms with van der Waals surface area (Å²) in [4.78, 5) is 32.9. The van der Waals surface area contributed by atoms with Gasteiger partial charge in [-0.2, -0.15) is 0 Å². The highest BCUT2D eigenvalue weighted by molar-refractivity contribution is 5.89. The first-order chi connectivity index (χ1) is 15.0. The van der Waals surface area contributed by atoms with Gasteiger partial charge in [0.1, 0.15) is 5.82 Å². The van der Waals surface area contributed by atoms with E-state index < -0.39 is 0 Å². The lowest BCUT2D eigenvalue weighted by molar-refractivity contribution is 0.130. The van der Waals surface area contributed by atoms with E-state index >= 15 is 0 Å². The zero-order chi connectivity index (χ0) is 22.4. The largest absolute Gasteiger partial charge is 0.383 e. The molecule has 0 aliphatic carbocycles. The predicted octanol–water partition coefficient (Wildman–Crippen LogP) is 4.36. The Kier molecular flexibility index (Phi) is 7.41. The molecular weight excluding hydrogens is 392 g/mol. The van der Waals surface area contributed by atoms with Crippen LogP contribution in [0.15, 0.2) is 53.3 Å². The second-order valence-corrected chi connectivity index (χ2v) is 7.45. The Bertz CT molecular complexity index is 1110. The van der Waals surface area contributed by atoms with Crippen molar-refractivity contribution in [3.8, 4) is 0 Å². The molecule has 164 valence electrons. The van der Waals surface area contributed by atoms with Gasteiger partial charge in [0.25, 0.3) is 5.56 Å². The van der Waals surface area contributed by atoms with Crippen molar-refractivity contribution >= 4 is 22.6 Å². The number of hydrogen-bond donors (Lipinski definition) is 1. The number of amides is 2. The molecule has 1 heterocycles. The van der Waals surface area contributed by atoms with Gasteiger partial charge in [-0.3, -0.25) is 9.36 Å². The Hall–Kier alpha value is -3.19. The van der Waals surface area contributed by atoms with E-state index in [2.05, 4.69) is 5.32 Å². The first kappa shape index (κ1) is 22.5. The number of aromatic nitrogens is 2. The summed E-state index contributed by atoms with van der Waals surface area (Å²) in [6.07, 6.45) is 0.607. The Morgan fingerprint density at radius 3 is 2.65 bits per heavy atom. The second-order valence-electron chi connectivity index (χ2n) is 7.45. The summed E-state index contributed by atoms with van der Waals surface area (Å²) in [5.41, 5.74) is 2.33. The van der Waals surface area contributed by atoms with Gasteiger partial charge >= 0.3 is 6.03 Å². The molecule has 0 aliphatic rings. The Balaban J connectivity index is 2.04. The van der Waals surface area contributed by atoms with Gasteiger partial charge in [0.15, 0.2) is 0 Å². The highest BCUT2D eigenvalue weighted by Crippen LogP contribution is 2.25. The van der Waals surface area contributed by atoms with E-state index in [1.54, 1.807) is 22.6 Å². The standard InChI is InChI=1S/C24H30N4O3/c1-5-21(22-26-20-13-8-7-12-19(20)23(29)27(22)6-2)28(14-15-31-4)24(30)25-18-11-9-10-17(3)16-18/h7-13,16,21H,5-6,14-15H2,1-4H3,(H,25,30). The maximum atomic E-state index is 13.3. The molecule has 3 rings (SSSR count). The van der Waals surface area contributed by atoms with Gasteiger partial charge in [-0.15, -0.1) is 0 Å². The van der Waals surface area contributed by atoms with Crippen LogP contribution in [0.2, 0.25) is 0 Å². The van der Waals surface area contributed by atoms with Gasteiger partial charge in [0, 0.05) is 25.9 Å². The van der Waals surface area contributed by atoms with Crippen molar-refractivity contribution in [1.82, 2.24) is 14.5 Å². The van der Waals surface area contributed by atoms with Crippen molar-refractivity contribution in [2.75, 3.05) is 25.6 Å². The first-order valence-electron chi connectivity index (χ1n) is 10.6. The van der Waals surface area contributed by atoms with Crippen LogP contribution < -0.4 is 10.9 Å². The summed E-state index contributed by atoms with van der Waals surface area (Å²) in [6, 6.07) is 14.4. The second kappa shape index (κ2) is 10.2. The molecular formula is C24H30N4O3. The number of fused-ring (bicyclic) bond motifs is 1. The third-order valence-corrected chi connectivity index (χ3v) is 5.33. The Morgan fingerprint density at radius 1 is 1.19 bits per heavy atom. The molecule has 7 heteroatoms. The lowest BCUT2D eigenvalue weighted by Gasteiger charge is -2.32. The van der Waals surface area contributed by atoms with Crippen molar-refractivity contribution in [3.05, 3.63) is 70.3 Å². The van der Waals surface area contributed by atoms with Crippen molar-refractivity contribution in [2.24, 2.45) is 0 Å². The number of para-hydroxylation sites is 1. The van der Waals surface area contributed by atoms with E-state index in [4.69, 9.17) is 9.72 Å². The van der Waals surface area contributed by atoms with E-state index in [9.17, 15) is 9.59 Å². The molecule has 0 bridgehead atoms. The quantitative estimate of drug-likeness (QED) is 0.585. The smallest absolute Gasteiger partial charge is 0.322 e. The number of ether oxygens (including phenoxy) is 1. The number of anilines is 1. The summed E-state index contributed by atoms with van der Waals surface area (Å²) in [5, 5.41) is 3.56. The molecule has 0 aliphatic heterocycles. The van der Waals surface area contributed by atoms with E-state index in [0.717, 1.165) is 11.3 Å². The number of nitrogens with zero attached hydrogens (tertiary/aromatic N) is 3. The maximum Gasteiger partial charge on any atom is 0.322 e. The fourth-order valence-electron chi connectivity index (χ4n) is 3.79. The van der Waals surface area contributed by atoms with Crippen LogP contribution in [-0.4, -0.2) is 40.7 Å². The van der Waals surface area contributed by atoms with Gasteiger partial charge in [0.05, 0.1) is 23.6 Å². The van der Waals surface area contributed by atoms with Crippen LogP contribution >= 0.6 is 0 Å². The highest BCUT2D eigenvalue weighted by Gasteiger charge is 2.28. The lowest BCUT2D eigenvalue weighted by Crippen LogP contribution is -2.42. The molecule has 1 N–H and O–H groups in total. The maximum absolute atomic E-state index is 13.3. The number of urea groups is 1. The minimum Gasteiger partial charge on any atom is -0.383 e. The lowest BCUT2D eigenvalue weighted by atomic mass is 10.1. The van der Waals surface area contributed by atoms with Gasteiger partial charge in [-0.25, -0.2) is 9.78 Å². The molecule has 0 radical (unpaired) electrons. The van der Waals surface area contributed by atoms with Crippen LogP contribution in [-0.2, 0) is 11.3 Å². The zero-order valence-corrected chi connectivity index (χ0v) is 18.6. The highest BCUT2D eigenvalue weighted by atomic mass is 16.5. The number of hydrogen-bond acceptors (Lipinski definition) is 4. The number of carbonyl (C=O) groups excluding carboxylic acids is 1. The third-order valence-electron chi connectivity index (χ3n) is 5.33. The number of benzene rings is 2. The summed E-state index contributed by atoms with van der Waals surface area (Å²) < 4.78 is 6.93. The summed E-state index contributed by atoms with van der Waals surface area (Å²) in [7, 11) is 1.60. The van der Waals surface area contributed by atoms with Gasteiger partial charge in [-0.1, -0.05) is 31.2 Å². The average molecular weight is 423 g/mol. The normalized spacial score (nSPS) is 12.0. The fraction of sp³-hybridized carbons (Fsp3) is 0.375. The summed E-state index contributed by atoms with van der Waals surface area (Å²) in [5.74, 6) is 0.587. The van der Waals surface area contributed by atoms with Crippen molar-refractivity contribution in [1.29, 1.82) is 0 Å². The van der Waals surface area contributed by atoms with Crippen molar-refractivity contribution < 1.29 is 9.53 Å². The minimum atomic E-state index is -0.378. The summed E-state index contributed by atoms with van der Waals surface area (Å²) in [6.45, 7) is 7.11. The molecule has 3 aromatic rings. The van der Waals surface area contributed by atoms with Crippen LogP contribution in [0.1, 0.15) is 37.7 Å². The molecule has 0 saturated heterocycles. The number of methoxy groups -OCH3 is 1. The molecule has 0 saturated carbocycles. The van der Waals surface area contributed by atoms with Crippen LogP contribution in [0.25, 0.3) is 10.9 Å². The topological polar surface area (TPSA) is 76.5 Å². The molecule has 31 heavy (non-hydrogen) atoms. The molecule has 1 atom stereocenters. The molecule has 0 fully saturated rings. The van der Waals surface area contributed by atoms with Gasteiger partial charge < -0.3 is 15.0 Å². The van der Waals surface area contributed by atoms with Gasteiger partial charge in [-0.05, 0) is 50.1 Å². The first-order valence-corrected chi connectivity index (χ1v) is 10.6. The molecule has 1 unspecified atom stereocenters. The van der Waals surface area contributed by atoms with Crippen LogP contribution in [0, 0.1) is 6.92 Å². The van der Waals surface area contributed by atoms with E-state index in [1.165, 1.54) is 0 Å². The van der Waals surface area contributed by atoms with Crippen molar-refractivity contribution in [2.45, 2.75) is 39.8 Å². The van der Waals surface area contributed by atoms with E-state index in [-0.39, 0.29) is 17.6 Å². The van der Waals surface area contributed by atoms with Gasteiger partial charge in [0.2, 0.25) is 0 Å². The average Bonchev–Trinajstić information content (AvgIpc) is 2.76. The molecule has 2 amide bonds. The number of rotatable bonds is 8. The molecule has 2 aromatic carbocycles. The van der Waals surface area contributed by atoms with Crippen molar-refractivity contribution in [3.63, 3.8) is 0 Å². The Labute approximate surface area is 182 Å². The zero-order valence-electron chi connectivity index (χ0n) is 18.6. The Morgan fingerprint density at radius 2 is 1.97 bits per heavy atom. The SMILES string of the molecule is CCC(c1nc2ccccc2c(=O)n1CC)N(CCOC)C(=O)Nc1cccc(C)c1. The van der Waals surface area contributed by atoms with Crippen LogP contribution in [0.5, 0.6) is 0 Å². The predicted molar refractivity (Wildman–Crippen MR) is 123 cm³/mol. The number of aryl methyl sites for hydroxylation is 1. The van der Waals surface area contributed by atoms with E-state index in [1.807, 2.05) is 63.2 Å². The fourth-order valence-corrected chi connectivity index (χ4v) is 3.79. The minimum absolute atomic E-state index is 0.0904.